The van der Waals surface area contributed by atoms with Crippen molar-refractivity contribution in [2.45, 2.75) is 0 Å². The lowest BCUT2D eigenvalue weighted by atomic mass is 10.2. The third-order valence-electron chi connectivity index (χ3n) is 3.78. The summed E-state index contributed by atoms with van der Waals surface area (Å²) < 4.78 is 26.9. The number of carbonyl (C=O) groups excluding carboxylic acids is 1. The number of nitrogens with one attached hydrogen (secondary N) is 2. The summed E-state index contributed by atoms with van der Waals surface area (Å²) in [5, 5.41) is 5.48. The molecule has 2 aromatic rings. The molecule has 8 heteroatoms. The van der Waals surface area contributed by atoms with Crippen molar-refractivity contribution in [3.63, 3.8) is 0 Å². The molecule has 0 aromatic heterocycles. The molecule has 0 saturated heterocycles. The maximum Gasteiger partial charge on any atom is 0.319 e. The second-order valence-corrected chi connectivity index (χ2v) is 5.64. The van der Waals surface area contributed by atoms with Gasteiger partial charge in [-0.3, -0.25) is 0 Å². The van der Waals surface area contributed by atoms with Gasteiger partial charge in [0, 0.05) is 30.0 Å². The first-order valence-corrected chi connectivity index (χ1v) is 8.48. The Morgan fingerprint density at radius 2 is 1.63 bits per heavy atom. The van der Waals surface area contributed by atoms with Crippen molar-refractivity contribution in [2.75, 3.05) is 45.9 Å². The Morgan fingerprint density at radius 3 is 2.33 bits per heavy atom. The summed E-state index contributed by atoms with van der Waals surface area (Å²) >= 11 is 0. The zero-order valence-electron chi connectivity index (χ0n) is 15.2. The number of hydrogen-bond donors (Lipinski definition) is 2. The minimum atomic E-state index is -0.335. The van der Waals surface area contributed by atoms with Gasteiger partial charge in [0.2, 0.25) is 0 Å². The number of methoxy groups -OCH3 is 2. The smallest absolute Gasteiger partial charge is 0.319 e. The van der Waals surface area contributed by atoms with Crippen LogP contribution in [0.2, 0.25) is 0 Å². The van der Waals surface area contributed by atoms with Crippen LogP contribution in [-0.2, 0) is 0 Å². The van der Waals surface area contributed by atoms with E-state index in [-0.39, 0.29) is 6.03 Å². The fraction of sp³-hybridized carbons (Fsp3) is 0.316. The molecule has 3 rings (SSSR count). The number of benzene rings is 2. The van der Waals surface area contributed by atoms with Gasteiger partial charge in [0.1, 0.15) is 37.1 Å². The summed E-state index contributed by atoms with van der Waals surface area (Å²) in [5.74, 6) is 3.16. The molecular weight excluding hydrogens is 352 g/mol. The van der Waals surface area contributed by atoms with Gasteiger partial charge in [0.25, 0.3) is 0 Å². The van der Waals surface area contributed by atoms with Gasteiger partial charge >= 0.3 is 6.03 Å². The Bertz CT molecular complexity index is 774. The monoisotopic (exact) mass is 374 g/mol. The minimum absolute atomic E-state index is 0.297. The zero-order chi connectivity index (χ0) is 19.1. The van der Waals surface area contributed by atoms with E-state index in [9.17, 15) is 4.79 Å². The van der Waals surface area contributed by atoms with Crippen molar-refractivity contribution in [3.8, 4) is 28.7 Å². The predicted molar refractivity (Wildman–Crippen MR) is 99.5 cm³/mol. The topological polar surface area (TPSA) is 87.3 Å². The molecular formula is C19H22N2O6. The van der Waals surface area contributed by atoms with Gasteiger partial charge in [-0.2, -0.15) is 0 Å². The number of hydrogen-bond acceptors (Lipinski definition) is 6. The number of rotatable bonds is 7. The van der Waals surface area contributed by atoms with Crippen LogP contribution in [0.4, 0.5) is 10.5 Å². The molecule has 0 bridgehead atoms. The molecule has 1 aliphatic rings. The third-order valence-corrected chi connectivity index (χ3v) is 3.78. The van der Waals surface area contributed by atoms with Crippen molar-refractivity contribution in [3.05, 3.63) is 36.4 Å². The van der Waals surface area contributed by atoms with Gasteiger partial charge in [0.05, 0.1) is 20.8 Å². The second kappa shape index (κ2) is 8.88. The molecule has 2 aromatic carbocycles. The second-order valence-electron chi connectivity index (χ2n) is 5.64. The van der Waals surface area contributed by atoms with Crippen LogP contribution in [0.5, 0.6) is 28.7 Å². The molecule has 144 valence electrons. The summed E-state index contributed by atoms with van der Waals surface area (Å²) in [6.07, 6.45) is 0. The van der Waals surface area contributed by atoms with Crippen molar-refractivity contribution in [1.29, 1.82) is 0 Å². The van der Waals surface area contributed by atoms with E-state index in [1.54, 1.807) is 50.6 Å². The van der Waals surface area contributed by atoms with Crippen LogP contribution in [0.25, 0.3) is 0 Å². The number of ether oxygens (including phenoxy) is 5. The maximum absolute atomic E-state index is 12.0. The molecule has 1 aliphatic heterocycles. The Balaban J connectivity index is 1.45. The normalized spacial score (nSPS) is 12.1. The first-order valence-electron chi connectivity index (χ1n) is 8.48. The van der Waals surface area contributed by atoms with E-state index >= 15 is 0 Å². The van der Waals surface area contributed by atoms with E-state index in [0.717, 1.165) is 0 Å². The van der Waals surface area contributed by atoms with E-state index in [2.05, 4.69) is 10.6 Å². The lowest BCUT2D eigenvalue weighted by Gasteiger charge is -2.19. The Kier molecular flexibility index (Phi) is 6.09. The average molecular weight is 374 g/mol. The zero-order valence-corrected chi connectivity index (χ0v) is 15.2. The Hall–Kier alpha value is -3.29. The highest BCUT2D eigenvalue weighted by Gasteiger charge is 2.12. The quantitative estimate of drug-likeness (QED) is 0.725. The molecule has 0 atom stereocenters. The molecule has 0 radical (unpaired) electrons. The van der Waals surface area contributed by atoms with Gasteiger partial charge in [0.15, 0.2) is 11.5 Å². The number of fused-ring (bicyclic) bond motifs is 1. The van der Waals surface area contributed by atoms with Crippen LogP contribution in [0.15, 0.2) is 36.4 Å². The summed E-state index contributed by atoms with van der Waals surface area (Å²) in [6, 6.07) is 10.2. The number of urea groups is 1. The molecule has 27 heavy (non-hydrogen) atoms. The lowest BCUT2D eigenvalue weighted by molar-refractivity contribution is 0.171. The van der Waals surface area contributed by atoms with Crippen molar-refractivity contribution in [2.24, 2.45) is 0 Å². The maximum atomic E-state index is 12.0. The highest BCUT2D eigenvalue weighted by atomic mass is 16.6. The molecule has 0 aliphatic carbocycles. The van der Waals surface area contributed by atoms with Gasteiger partial charge in [-0.25, -0.2) is 4.79 Å². The Labute approximate surface area is 157 Å². The number of amides is 2. The van der Waals surface area contributed by atoms with Gasteiger partial charge in [-0.05, 0) is 12.1 Å². The highest BCUT2D eigenvalue weighted by Crippen LogP contribution is 2.32. The minimum Gasteiger partial charge on any atom is -0.496 e. The van der Waals surface area contributed by atoms with E-state index in [4.69, 9.17) is 23.7 Å². The highest BCUT2D eigenvalue weighted by molar-refractivity contribution is 5.89. The van der Waals surface area contributed by atoms with Crippen molar-refractivity contribution >= 4 is 11.7 Å². The molecule has 8 nitrogen and oxygen atoms in total. The summed E-state index contributed by atoms with van der Waals surface area (Å²) in [5.41, 5.74) is 0.621. The molecule has 0 spiro atoms. The van der Waals surface area contributed by atoms with Crippen molar-refractivity contribution < 1.29 is 28.5 Å². The molecule has 0 saturated carbocycles. The van der Waals surface area contributed by atoms with Crippen LogP contribution in [-0.4, -0.2) is 46.6 Å². The largest absolute Gasteiger partial charge is 0.496 e. The summed E-state index contributed by atoms with van der Waals surface area (Å²) in [6.45, 7) is 1.65. The lowest BCUT2D eigenvalue weighted by Crippen LogP contribution is -2.32. The fourth-order valence-electron chi connectivity index (χ4n) is 2.49. The van der Waals surface area contributed by atoms with E-state index in [0.29, 0.717) is 60.8 Å². The average Bonchev–Trinajstić information content (AvgIpc) is 2.70. The van der Waals surface area contributed by atoms with Crippen molar-refractivity contribution in [1.82, 2.24) is 5.32 Å². The van der Waals surface area contributed by atoms with Crippen LogP contribution >= 0.6 is 0 Å². The third kappa shape index (κ3) is 5.10. The SMILES string of the molecule is COc1cc(OC)cc(OCCNC(=O)Nc2ccc3c(c2)OCCO3)c1. The van der Waals surface area contributed by atoms with E-state index in [1.165, 1.54) is 0 Å². The molecule has 2 N–H and O–H groups in total. The molecule has 2 amide bonds. The van der Waals surface area contributed by atoms with Crippen LogP contribution in [0.1, 0.15) is 0 Å². The predicted octanol–water partition coefficient (Wildman–Crippen LogP) is 2.68. The van der Waals surface area contributed by atoms with Gasteiger partial charge in [-0.1, -0.05) is 0 Å². The van der Waals surface area contributed by atoms with Gasteiger partial charge < -0.3 is 34.3 Å². The first kappa shape index (κ1) is 18.5. The van der Waals surface area contributed by atoms with E-state index < -0.39 is 0 Å². The standard InChI is InChI=1S/C19H22N2O6/c1-23-14-10-15(24-2)12-16(11-14)25-6-5-20-19(22)21-13-3-4-17-18(9-13)27-8-7-26-17/h3-4,9-12H,5-8H2,1-2H3,(H2,20,21,22). The first-order chi connectivity index (χ1) is 13.2. The van der Waals surface area contributed by atoms with Crippen LogP contribution in [0.3, 0.4) is 0 Å². The van der Waals surface area contributed by atoms with Crippen LogP contribution in [0, 0.1) is 0 Å². The summed E-state index contributed by atoms with van der Waals surface area (Å²) in [7, 11) is 3.14. The van der Waals surface area contributed by atoms with E-state index in [1.807, 2.05) is 0 Å². The number of anilines is 1. The molecule has 0 unspecified atom stereocenters. The van der Waals surface area contributed by atoms with Gasteiger partial charge in [-0.15, -0.1) is 0 Å². The van der Waals surface area contributed by atoms with Crippen LogP contribution < -0.4 is 34.3 Å². The molecule has 0 fully saturated rings. The molecule has 1 heterocycles. The Morgan fingerprint density at radius 1 is 0.963 bits per heavy atom. The fourth-order valence-corrected chi connectivity index (χ4v) is 2.49. The summed E-state index contributed by atoms with van der Waals surface area (Å²) in [4.78, 5) is 12.0. The number of carbonyl (C=O) groups is 1.